The minimum absolute atomic E-state index is 0.0327. The van der Waals surface area contributed by atoms with Crippen LogP contribution in [0.3, 0.4) is 0 Å². The standard InChI is InChI=1S/C30H26N4O4S/c31-27(35)18-13-20-11-14-22(15-12-20)32-29(21-7-3-1-4-8-21)28-25-19-24(16-17-26(25)33-30(28)36)39(37,38)34-23-9-5-2-6-10-23/h1-12,14-17,19,32,34H,13,18H2,(H2,31,35)(H,33,36). The van der Waals surface area contributed by atoms with Crippen molar-refractivity contribution >= 4 is 50.2 Å². The molecule has 4 aromatic carbocycles. The summed E-state index contributed by atoms with van der Waals surface area (Å²) in [5, 5.41) is 6.21. The lowest BCUT2D eigenvalue weighted by atomic mass is 10.00. The molecule has 1 heterocycles. The van der Waals surface area contributed by atoms with Crippen molar-refractivity contribution in [3.05, 3.63) is 120 Å². The molecule has 0 atom stereocenters. The lowest BCUT2D eigenvalue weighted by molar-refractivity contribution is -0.118. The van der Waals surface area contributed by atoms with Crippen LogP contribution in [0.5, 0.6) is 0 Å². The second-order valence-electron chi connectivity index (χ2n) is 9.04. The largest absolute Gasteiger partial charge is 0.370 e. The van der Waals surface area contributed by atoms with Gasteiger partial charge in [0.2, 0.25) is 5.91 Å². The van der Waals surface area contributed by atoms with E-state index in [1.807, 2.05) is 54.6 Å². The van der Waals surface area contributed by atoms with Gasteiger partial charge in [-0.25, -0.2) is 8.42 Å². The van der Waals surface area contributed by atoms with Gasteiger partial charge in [-0.05, 0) is 60.0 Å². The molecule has 8 nitrogen and oxygen atoms in total. The molecule has 5 N–H and O–H groups in total. The van der Waals surface area contributed by atoms with Crippen LogP contribution in [-0.2, 0) is 26.0 Å². The number of carbonyl (C=O) groups is 2. The third kappa shape index (κ3) is 5.83. The zero-order valence-electron chi connectivity index (χ0n) is 20.8. The fourth-order valence-electron chi connectivity index (χ4n) is 4.33. The zero-order chi connectivity index (χ0) is 27.4. The van der Waals surface area contributed by atoms with E-state index >= 15 is 0 Å². The number of primary amides is 1. The summed E-state index contributed by atoms with van der Waals surface area (Å²) in [7, 11) is -3.91. The summed E-state index contributed by atoms with van der Waals surface area (Å²) < 4.78 is 28.9. The van der Waals surface area contributed by atoms with Crippen LogP contribution in [-0.4, -0.2) is 20.2 Å². The Morgan fingerprint density at radius 3 is 2.15 bits per heavy atom. The summed E-state index contributed by atoms with van der Waals surface area (Å²) in [5.74, 6) is -0.709. The second-order valence-corrected chi connectivity index (χ2v) is 10.7. The summed E-state index contributed by atoms with van der Waals surface area (Å²) in [6, 6.07) is 30.0. The summed E-state index contributed by atoms with van der Waals surface area (Å²) in [6.45, 7) is 0. The lowest BCUT2D eigenvalue weighted by Crippen LogP contribution is -2.13. The average Bonchev–Trinajstić information content (AvgIpc) is 3.26. The molecule has 1 aliphatic heterocycles. The van der Waals surface area contributed by atoms with E-state index < -0.39 is 10.0 Å². The van der Waals surface area contributed by atoms with E-state index in [1.54, 1.807) is 36.4 Å². The average molecular weight is 539 g/mol. The maximum absolute atomic E-state index is 13.3. The Labute approximate surface area is 226 Å². The van der Waals surface area contributed by atoms with Gasteiger partial charge in [0.25, 0.3) is 15.9 Å². The number of hydrogen-bond acceptors (Lipinski definition) is 5. The lowest BCUT2D eigenvalue weighted by Gasteiger charge is -2.15. The maximum Gasteiger partial charge on any atom is 0.261 e. The molecule has 0 saturated carbocycles. The molecule has 0 aliphatic carbocycles. The molecule has 196 valence electrons. The Balaban J connectivity index is 1.55. The predicted molar refractivity (Wildman–Crippen MR) is 153 cm³/mol. The molecule has 1 aliphatic rings. The molecule has 0 spiro atoms. The van der Waals surface area contributed by atoms with Gasteiger partial charge in [-0.1, -0.05) is 60.7 Å². The van der Waals surface area contributed by atoms with E-state index in [4.69, 9.17) is 5.73 Å². The van der Waals surface area contributed by atoms with Crippen LogP contribution in [0.1, 0.15) is 23.1 Å². The van der Waals surface area contributed by atoms with Gasteiger partial charge in [0.15, 0.2) is 0 Å². The number of aryl methyl sites for hydroxylation is 1. The van der Waals surface area contributed by atoms with Crippen molar-refractivity contribution in [2.75, 3.05) is 15.4 Å². The third-order valence-corrected chi connectivity index (χ3v) is 7.65. The number of carbonyl (C=O) groups excluding carboxylic acids is 2. The van der Waals surface area contributed by atoms with Crippen LogP contribution in [0.2, 0.25) is 0 Å². The Morgan fingerprint density at radius 1 is 0.821 bits per heavy atom. The topological polar surface area (TPSA) is 130 Å². The van der Waals surface area contributed by atoms with Crippen molar-refractivity contribution in [1.82, 2.24) is 0 Å². The number of rotatable bonds is 9. The first-order valence-corrected chi connectivity index (χ1v) is 13.8. The van der Waals surface area contributed by atoms with E-state index in [1.165, 1.54) is 12.1 Å². The van der Waals surface area contributed by atoms with E-state index in [0.717, 1.165) is 16.8 Å². The third-order valence-electron chi connectivity index (χ3n) is 6.27. The van der Waals surface area contributed by atoms with Gasteiger partial charge in [-0.3, -0.25) is 14.3 Å². The SMILES string of the molecule is NC(=O)CCc1ccc(NC(=C2C(=O)Nc3ccc(S(=O)(=O)Nc4ccccc4)cc32)c2ccccc2)cc1. The zero-order valence-corrected chi connectivity index (χ0v) is 21.7. The van der Waals surface area contributed by atoms with E-state index in [-0.39, 0.29) is 23.1 Å². The monoisotopic (exact) mass is 538 g/mol. The number of hydrogen-bond donors (Lipinski definition) is 4. The first kappa shape index (κ1) is 25.7. The summed E-state index contributed by atoms with van der Waals surface area (Å²) >= 11 is 0. The second kappa shape index (κ2) is 10.8. The first-order valence-electron chi connectivity index (χ1n) is 12.3. The van der Waals surface area contributed by atoms with Gasteiger partial charge >= 0.3 is 0 Å². The van der Waals surface area contributed by atoms with Crippen molar-refractivity contribution in [3.8, 4) is 0 Å². The highest BCUT2D eigenvalue weighted by atomic mass is 32.2. The van der Waals surface area contributed by atoms with Crippen LogP contribution in [0.15, 0.2) is 108 Å². The number of benzene rings is 4. The van der Waals surface area contributed by atoms with Crippen LogP contribution in [0, 0.1) is 0 Å². The Hall–Kier alpha value is -4.89. The van der Waals surface area contributed by atoms with Gasteiger partial charge in [-0.15, -0.1) is 0 Å². The quantitative estimate of drug-likeness (QED) is 0.227. The van der Waals surface area contributed by atoms with Gasteiger partial charge in [-0.2, -0.15) is 0 Å². The molecule has 0 fully saturated rings. The number of amides is 2. The maximum atomic E-state index is 13.3. The molecule has 4 aromatic rings. The predicted octanol–water partition coefficient (Wildman–Crippen LogP) is 4.84. The molecule has 0 aromatic heterocycles. The van der Waals surface area contributed by atoms with E-state index in [9.17, 15) is 18.0 Å². The number of nitrogens with two attached hydrogens (primary N) is 1. The van der Waals surface area contributed by atoms with Gasteiger partial charge in [0.1, 0.15) is 0 Å². The summed E-state index contributed by atoms with van der Waals surface area (Å²) in [4.78, 5) is 24.4. The normalized spacial score (nSPS) is 13.8. The molecule has 39 heavy (non-hydrogen) atoms. The van der Waals surface area contributed by atoms with E-state index in [2.05, 4.69) is 15.4 Å². The number of nitrogens with one attached hydrogen (secondary N) is 3. The van der Waals surface area contributed by atoms with Crippen molar-refractivity contribution < 1.29 is 18.0 Å². The molecule has 0 radical (unpaired) electrons. The molecule has 9 heteroatoms. The van der Waals surface area contributed by atoms with E-state index in [0.29, 0.717) is 34.6 Å². The number of anilines is 3. The number of fused-ring (bicyclic) bond motifs is 1. The van der Waals surface area contributed by atoms with Crippen LogP contribution >= 0.6 is 0 Å². The number of sulfonamides is 1. The molecule has 2 amide bonds. The Morgan fingerprint density at radius 2 is 1.49 bits per heavy atom. The minimum Gasteiger partial charge on any atom is -0.370 e. The molecular formula is C30H26N4O4S. The number of para-hydroxylation sites is 1. The molecule has 0 bridgehead atoms. The summed E-state index contributed by atoms with van der Waals surface area (Å²) in [5.41, 5.74) is 9.98. The fraction of sp³-hybridized carbons (Fsp3) is 0.0667. The van der Waals surface area contributed by atoms with Crippen molar-refractivity contribution in [2.45, 2.75) is 17.7 Å². The van der Waals surface area contributed by atoms with Gasteiger partial charge < -0.3 is 16.4 Å². The summed E-state index contributed by atoms with van der Waals surface area (Å²) in [6.07, 6.45) is 0.791. The molecule has 5 rings (SSSR count). The van der Waals surface area contributed by atoms with Crippen LogP contribution in [0.25, 0.3) is 11.3 Å². The highest BCUT2D eigenvalue weighted by Gasteiger charge is 2.30. The highest BCUT2D eigenvalue weighted by molar-refractivity contribution is 7.92. The van der Waals surface area contributed by atoms with Gasteiger partial charge in [0.05, 0.1) is 16.2 Å². The van der Waals surface area contributed by atoms with Crippen LogP contribution < -0.4 is 21.1 Å². The Bertz CT molecular complexity index is 1670. The van der Waals surface area contributed by atoms with Crippen LogP contribution in [0.4, 0.5) is 17.1 Å². The smallest absolute Gasteiger partial charge is 0.261 e. The fourth-order valence-corrected chi connectivity index (χ4v) is 5.42. The minimum atomic E-state index is -3.91. The van der Waals surface area contributed by atoms with Crippen molar-refractivity contribution in [3.63, 3.8) is 0 Å². The Kier molecular flexibility index (Phi) is 7.16. The van der Waals surface area contributed by atoms with Crippen molar-refractivity contribution in [2.24, 2.45) is 5.73 Å². The van der Waals surface area contributed by atoms with Gasteiger partial charge in [0, 0.05) is 29.0 Å². The first-order chi connectivity index (χ1) is 18.8. The van der Waals surface area contributed by atoms with Crippen molar-refractivity contribution in [1.29, 1.82) is 0 Å². The molecular weight excluding hydrogens is 512 g/mol. The highest BCUT2D eigenvalue weighted by Crippen LogP contribution is 2.39. The molecule has 0 unspecified atom stereocenters. The molecule has 0 saturated heterocycles.